The molecule has 0 aromatic carbocycles. The fourth-order valence-corrected chi connectivity index (χ4v) is 4.82. The van der Waals surface area contributed by atoms with Crippen LogP contribution in [0.1, 0.15) is 91.9 Å². The molecular weight excluding hydrogens is 368 g/mol. The van der Waals surface area contributed by atoms with Gasteiger partial charge in [0.25, 0.3) is 0 Å². The van der Waals surface area contributed by atoms with Crippen LogP contribution >= 0.6 is 0 Å². The van der Waals surface area contributed by atoms with E-state index in [1.165, 1.54) is 0 Å². The number of aliphatic hydroxyl groups is 2. The van der Waals surface area contributed by atoms with Gasteiger partial charge in [0.15, 0.2) is 0 Å². The molecule has 0 heterocycles. The number of carbonyl (C=O) groups excluding carboxylic acids is 2. The van der Waals surface area contributed by atoms with E-state index in [0.717, 1.165) is 12.8 Å². The Balaban J connectivity index is 1.67. The quantitative estimate of drug-likeness (QED) is 0.418. The van der Waals surface area contributed by atoms with Crippen molar-refractivity contribution in [3.8, 4) is 0 Å². The molecule has 6 heteroatoms. The minimum Gasteiger partial charge on any atom is -0.388 e. The smallest absolute Gasteiger partial charge is 0.236 e. The van der Waals surface area contributed by atoms with Crippen LogP contribution < -0.4 is 10.6 Å². The van der Waals surface area contributed by atoms with Gasteiger partial charge in [-0.1, -0.05) is 27.7 Å². The van der Waals surface area contributed by atoms with Crippen LogP contribution in [0, 0.1) is 17.3 Å². The van der Waals surface area contributed by atoms with E-state index in [1.807, 2.05) is 0 Å². The van der Waals surface area contributed by atoms with E-state index in [2.05, 4.69) is 38.3 Å². The van der Waals surface area contributed by atoms with Gasteiger partial charge in [-0.15, -0.1) is 0 Å². The predicted molar refractivity (Wildman–Crippen MR) is 112 cm³/mol. The number of carbonyl (C=O) groups is 2. The van der Waals surface area contributed by atoms with Crippen LogP contribution in [-0.4, -0.2) is 45.3 Å². The average molecular weight is 409 g/mol. The second-order valence-electron chi connectivity index (χ2n) is 10.8. The summed E-state index contributed by atoms with van der Waals surface area (Å²) < 4.78 is 0. The largest absolute Gasteiger partial charge is 0.388 e. The molecule has 3 aliphatic rings. The summed E-state index contributed by atoms with van der Waals surface area (Å²) in [4.78, 5) is 26.3. The van der Waals surface area contributed by atoms with Crippen molar-refractivity contribution in [2.45, 2.75) is 115 Å². The number of nitrogens with one attached hydrogen (secondary N) is 2. The Morgan fingerprint density at radius 1 is 0.724 bits per heavy atom. The average Bonchev–Trinajstić information content (AvgIpc) is 3.37. The van der Waals surface area contributed by atoms with Gasteiger partial charge in [0.05, 0.1) is 23.3 Å². The van der Waals surface area contributed by atoms with Crippen molar-refractivity contribution in [3.05, 3.63) is 0 Å². The standard InChI is InChI=1S/C23H40N2O4/c1-15(2)13-17(22(28)7-5-8-22)24-19(26)21(11-12-21)20(27)25-18(14-16(3)4)23(29)9-6-10-23/h15-18,28-29H,5-14H2,1-4H3,(H,24,26)(H,25,27)/t17-,18-/m1/s1. The monoisotopic (exact) mass is 408 g/mol. The molecular formula is C23H40N2O4. The maximum absolute atomic E-state index is 13.1. The minimum atomic E-state index is -1.04. The van der Waals surface area contributed by atoms with Crippen LogP contribution in [0.3, 0.4) is 0 Å². The Morgan fingerprint density at radius 2 is 1.07 bits per heavy atom. The molecule has 0 bridgehead atoms. The van der Waals surface area contributed by atoms with E-state index in [0.29, 0.717) is 63.2 Å². The highest BCUT2D eigenvalue weighted by atomic mass is 16.3. The van der Waals surface area contributed by atoms with Crippen molar-refractivity contribution in [3.63, 3.8) is 0 Å². The lowest BCUT2D eigenvalue weighted by Gasteiger charge is -2.45. The topological polar surface area (TPSA) is 98.7 Å². The van der Waals surface area contributed by atoms with Gasteiger partial charge in [0, 0.05) is 0 Å². The van der Waals surface area contributed by atoms with Crippen molar-refractivity contribution in [1.82, 2.24) is 10.6 Å². The zero-order valence-corrected chi connectivity index (χ0v) is 18.6. The molecule has 0 aliphatic heterocycles. The van der Waals surface area contributed by atoms with Crippen molar-refractivity contribution in [2.75, 3.05) is 0 Å². The van der Waals surface area contributed by atoms with Gasteiger partial charge >= 0.3 is 0 Å². The Kier molecular flexibility index (Phi) is 6.36. The molecule has 0 spiro atoms. The van der Waals surface area contributed by atoms with Crippen LogP contribution in [0.5, 0.6) is 0 Å². The molecule has 2 amide bonds. The first-order valence-electron chi connectivity index (χ1n) is 11.6. The maximum Gasteiger partial charge on any atom is 0.236 e. The molecule has 166 valence electrons. The Hall–Kier alpha value is -1.14. The van der Waals surface area contributed by atoms with E-state index >= 15 is 0 Å². The van der Waals surface area contributed by atoms with Crippen LogP contribution in [-0.2, 0) is 9.59 Å². The van der Waals surface area contributed by atoms with E-state index in [4.69, 9.17) is 0 Å². The summed E-state index contributed by atoms with van der Waals surface area (Å²) in [5.74, 6) is 0.170. The molecule has 2 atom stereocenters. The van der Waals surface area contributed by atoms with Gasteiger partial charge in [-0.2, -0.15) is 0 Å². The molecule has 0 unspecified atom stereocenters. The molecule has 3 rings (SSSR count). The Bertz CT molecular complexity index is 568. The number of hydrogen-bond donors (Lipinski definition) is 4. The van der Waals surface area contributed by atoms with Crippen molar-refractivity contribution in [2.24, 2.45) is 17.3 Å². The molecule has 0 aromatic rings. The fourth-order valence-electron chi connectivity index (χ4n) is 4.82. The summed E-state index contributed by atoms with van der Waals surface area (Å²) in [6.45, 7) is 8.32. The maximum atomic E-state index is 13.1. The first-order valence-corrected chi connectivity index (χ1v) is 11.6. The van der Waals surface area contributed by atoms with Gasteiger partial charge in [-0.3, -0.25) is 9.59 Å². The highest BCUT2D eigenvalue weighted by molar-refractivity contribution is 6.08. The van der Waals surface area contributed by atoms with Crippen LogP contribution in [0.2, 0.25) is 0 Å². The van der Waals surface area contributed by atoms with Crippen LogP contribution in [0.25, 0.3) is 0 Å². The van der Waals surface area contributed by atoms with Gasteiger partial charge in [-0.25, -0.2) is 0 Å². The molecule has 0 saturated heterocycles. The summed E-state index contributed by atoms with van der Waals surface area (Å²) in [5, 5.41) is 27.8. The third-order valence-corrected chi connectivity index (χ3v) is 7.38. The summed E-state index contributed by atoms with van der Waals surface area (Å²) >= 11 is 0. The molecule has 0 aromatic heterocycles. The van der Waals surface area contributed by atoms with E-state index < -0.39 is 16.6 Å². The second kappa shape index (κ2) is 8.18. The van der Waals surface area contributed by atoms with Crippen molar-refractivity contribution in [1.29, 1.82) is 0 Å². The minimum absolute atomic E-state index is 0.259. The van der Waals surface area contributed by atoms with Gasteiger partial charge < -0.3 is 20.8 Å². The van der Waals surface area contributed by atoms with E-state index in [1.54, 1.807) is 0 Å². The number of rotatable bonds is 10. The van der Waals surface area contributed by atoms with Crippen molar-refractivity contribution < 1.29 is 19.8 Å². The Morgan fingerprint density at radius 3 is 1.28 bits per heavy atom. The first kappa shape index (κ1) is 22.5. The second-order valence-corrected chi connectivity index (χ2v) is 10.8. The predicted octanol–water partition coefficient (Wildman–Crippen LogP) is 2.66. The van der Waals surface area contributed by atoms with Crippen LogP contribution in [0.4, 0.5) is 0 Å². The van der Waals surface area contributed by atoms with E-state index in [9.17, 15) is 19.8 Å². The fraction of sp³-hybridized carbons (Fsp3) is 0.913. The molecule has 0 radical (unpaired) electrons. The Labute approximate surface area is 175 Å². The lowest BCUT2D eigenvalue weighted by molar-refractivity contribution is -0.144. The molecule has 4 N–H and O–H groups in total. The zero-order valence-electron chi connectivity index (χ0n) is 18.6. The lowest BCUT2D eigenvalue weighted by atomic mass is 9.72. The number of hydrogen-bond acceptors (Lipinski definition) is 4. The van der Waals surface area contributed by atoms with Gasteiger partial charge in [0.2, 0.25) is 11.8 Å². The molecule has 3 fully saturated rings. The number of amides is 2. The van der Waals surface area contributed by atoms with Crippen molar-refractivity contribution >= 4 is 11.8 Å². The third-order valence-electron chi connectivity index (χ3n) is 7.38. The van der Waals surface area contributed by atoms with Gasteiger partial charge in [0.1, 0.15) is 5.41 Å². The summed E-state index contributed by atoms with van der Waals surface area (Å²) in [5.41, 5.74) is -2.72. The lowest BCUT2D eigenvalue weighted by Crippen LogP contribution is -2.61. The zero-order chi connectivity index (χ0) is 21.4. The highest BCUT2D eigenvalue weighted by Gasteiger charge is 2.59. The third kappa shape index (κ3) is 4.63. The molecule has 29 heavy (non-hydrogen) atoms. The molecule has 3 aliphatic carbocycles. The first-order chi connectivity index (χ1) is 13.5. The summed E-state index contributed by atoms with van der Waals surface area (Å²) in [6.07, 6.45) is 7.23. The van der Waals surface area contributed by atoms with E-state index in [-0.39, 0.29) is 23.9 Å². The normalized spacial score (nSPS) is 25.5. The highest BCUT2D eigenvalue weighted by Crippen LogP contribution is 2.48. The van der Waals surface area contributed by atoms with Crippen LogP contribution in [0.15, 0.2) is 0 Å². The van der Waals surface area contributed by atoms with Gasteiger partial charge in [-0.05, 0) is 76.0 Å². The molecule has 6 nitrogen and oxygen atoms in total. The SMILES string of the molecule is CC(C)C[C@@H](NC(=O)C1(C(=O)N[C@H](CC(C)C)C2(O)CCC2)CC1)C1(O)CCC1. The molecule has 3 saturated carbocycles. The summed E-state index contributed by atoms with van der Waals surface area (Å²) in [7, 11) is 0. The summed E-state index contributed by atoms with van der Waals surface area (Å²) in [6, 6.07) is -0.618.